The normalized spacial score (nSPS) is 16.5. The van der Waals surface area contributed by atoms with Gasteiger partial charge in [-0.05, 0) is 44.4 Å². The van der Waals surface area contributed by atoms with E-state index in [0.29, 0.717) is 6.54 Å². The predicted octanol–water partition coefficient (Wildman–Crippen LogP) is 4.28. The monoisotopic (exact) mass is 396 g/mol. The summed E-state index contributed by atoms with van der Waals surface area (Å²) >= 11 is 0. The molecule has 0 spiro atoms. The van der Waals surface area contributed by atoms with Gasteiger partial charge in [-0.1, -0.05) is 30.3 Å². The van der Waals surface area contributed by atoms with E-state index in [1.54, 1.807) is 14.2 Å². The smallest absolute Gasteiger partial charge is 0.237 e. The van der Waals surface area contributed by atoms with Crippen LogP contribution in [-0.4, -0.2) is 49.1 Å². The molecule has 1 saturated heterocycles. The molecule has 0 aliphatic carbocycles. The Bertz CT molecular complexity index is 807. The quantitative estimate of drug-likeness (QED) is 0.668. The Morgan fingerprint density at radius 2 is 1.90 bits per heavy atom. The van der Waals surface area contributed by atoms with Gasteiger partial charge < -0.3 is 14.4 Å². The van der Waals surface area contributed by atoms with Crippen molar-refractivity contribution in [3.8, 4) is 11.5 Å². The molecule has 2 aromatic carbocycles. The standard InChI is InChI=1S/C24H32N2O3/c1-18(2)25(16-19-9-6-5-7-10-19)17-24(27)26-14-8-11-22(26)21-13-12-20(28-3)15-23(21)29-4/h5-7,9-10,12-13,15,18,22H,8,11,14,16-17H2,1-4H3. The van der Waals surface area contributed by atoms with Gasteiger partial charge in [0.05, 0.1) is 26.8 Å². The first-order valence-corrected chi connectivity index (χ1v) is 10.3. The summed E-state index contributed by atoms with van der Waals surface area (Å²) in [7, 11) is 3.31. The Kier molecular flexibility index (Phi) is 7.15. The highest BCUT2D eigenvalue weighted by Gasteiger charge is 2.33. The van der Waals surface area contributed by atoms with Crippen molar-refractivity contribution in [3.63, 3.8) is 0 Å². The molecule has 1 amide bonds. The fraction of sp³-hybridized carbons (Fsp3) is 0.458. The van der Waals surface area contributed by atoms with E-state index in [4.69, 9.17) is 9.47 Å². The van der Waals surface area contributed by atoms with Gasteiger partial charge in [0.25, 0.3) is 0 Å². The van der Waals surface area contributed by atoms with Gasteiger partial charge in [0.15, 0.2) is 0 Å². The van der Waals surface area contributed by atoms with Gasteiger partial charge in [-0.25, -0.2) is 0 Å². The van der Waals surface area contributed by atoms with Crippen LogP contribution in [0, 0.1) is 0 Å². The number of ether oxygens (including phenoxy) is 2. The van der Waals surface area contributed by atoms with Crippen molar-refractivity contribution < 1.29 is 14.3 Å². The maximum absolute atomic E-state index is 13.3. The molecule has 3 rings (SSSR count). The van der Waals surface area contributed by atoms with Crippen LogP contribution in [0.3, 0.4) is 0 Å². The van der Waals surface area contributed by atoms with Gasteiger partial charge in [0, 0.05) is 30.8 Å². The molecule has 0 N–H and O–H groups in total. The summed E-state index contributed by atoms with van der Waals surface area (Å²) in [5.41, 5.74) is 2.28. The molecule has 5 heteroatoms. The molecule has 29 heavy (non-hydrogen) atoms. The fourth-order valence-electron chi connectivity index (χ4n) is 3.99. The fourth-order valence-corrected chi connectivity index (χ4v) is 3.99. The second-order valence-corrected chi connectivity index (χ2v) is 7.84. The predicted molar refractivity (Wildman–Crippen MR) is 115 cm³/mol. The molecule has 1 atom stereocenters. The van der Waals surface area contributed by atoms with Crippen LogP contribution < -0.4 is 9.47 Å². The molecule has 1 aliphatic heterocycles. The first-order chi connectivity index (χ1) is 14.0. The third kappa shape index (κ3) is 5.10. The number of likely N-dealkylation sites (tertiary alicyclic amines) is 1. The average Bonchev–Trinajstić information content (AvgIpc) is 3.23. The molecule has 156 valence electrons. The molecular formula is C24H32N2O3. The summed E-state index contributed by atoms with van der Waals surface area (Å²) in [6.07, 6.45) is 1.96. The Labute approximate surface area is 174 Å². The Hall–Kier alpha value is -2.53. The minimum absolute atomic E-state index is 0.0501. The van der Waals surface area contributed by atoms with Crippen LogP contribution in [0.5, 0.6) is 11.5 Å². The lowest BCUT2D eigenvalue weighted by Crippen LogP contribution is -2.42. The Morgan fingerprint density at radius 1 is 1.14 bits per heavy atom. The average molecular weight is 397 g/mol. The number of amides is 1. The van der Waals surface area contributed by atoms with E-state index in [0.717, 1.165) is 43.0 Å². The van der Waals surface area contributed by atoms with Crippen LogP contribution in [0.1, 0.15) is 43.9 Å². The molecule has 1 fully saturated rings. The van der Waals surface area contributed by atoms with E-state index >= 15 is 0 Å². The van der Waals surface area contributed by atoms with Crippen LogP contribution in [0.4, 0.5) is 0 Å². The summed E-state index contributed by atoms with van der Waals surface area (Å²) in [6.45, 7) is 6.26. The van der Waals surface area contributed by atoms with E-state index in [-0.39, 0.29) is 18.0 Å². The molecule has 1 aliphatic rings. The largest absolute Gasteiger partial charge is 0.497 e. The third-order valence-electron chi connectivity index (χ3n) is 5.67. The molecule has 1 unspecified atom stereocenters. The third-order valence-corrected chi connectivity index (χ3v) is 5.67. The number of benzene rings is 2. The zero-order valence-electron chi connectivity index (χ0n) is 17.9. The van der Waals surface area contributed by atoms with E-state index in [1.165, 1.54) is 5.56 Å². The zero-order valence-corrected chi connectivity index (χ0v) is 17.9. The van der Waals surface area contributed by atoms with Gasteiger partial charge in [-0.15, -0.1) is 0 Å². The van der Waals surface area contributed by atoms with Crippen molar-refractivity contribution >= 4 is 5.91 Å². The summed E-state index contributed by atoms with van der Waals surface area (Å²) in [4.78, 5) is 17.5. The number of rotatable bonds is 8. The molecule has 0 bridgehead atoms. The number of carbonyl (C=O) groups is 1. The lowest BCUT2D eigenvalue weighted by atomic mass is 10.0. The SMILES string of the molecule is COc1ccc(C2CCCN2C(=O)CN(Cc2ccccc2)C(C)C)c(OC)c1. The number of hydrogen-bond donors (Lipinski definition) is 0. The Balaban J connectivity index is 1.75. The maximum Gasteiger partial charge on any atom is 0.237 e. The highest BCUT2D eigenvalue weighted by atomic mass is 16.5. The van der Waals surface area contributed by atoms with Crippen LogP contribution in [0.15, 0.2) is 48.5 Å². The number of carbonyl (C=O) groups excluding carboxylic acids is 1. The van der Waals surface area contributed by atoms with Gasteiger partial charge in [0.1, 0.15) is 11.5 Å². The first-order valence-electron chi connectivity index (χ1n) is 10.3. The van der Waals surface area contributed by atoms with E-state index < -0.39 is 0 Å². The maximum atomic E-state index is 13.3. The van der Waals surface area contributed by atoms with Gasteiger partial charge in [-0.3, -0.25) is 9.69 Å². The molecule has 0 radical (unpaired) electrons. The van der Waals surface area contributed by atoms with E-state index in [9.17, 15) is 4.79 Å². The van der Waals surface area contributed by atoms with E-state index in [2.05, 4.69) is 30.9 Å². The van der Waals surface area contributed by atoms with Crippen molar-refractivity contribution in [2.45, 2.75) is 45.3 Å². The highest BCUT2D eigenvalue weighted by Crippen LogP contribution is 2.38. The van der Waals surface area contributed by atoms with Crippen molar-refractivity contribution in [2.24, 2.45) is 0 Å². The molecule has 1 heterocycles. The summed E-state index contributed by atoms with van der Waals surface area (Å²) in [5.74, 6) is 1.71. The van der Waals surface area contributed by atoms with Crippen LogP contribution in [-0.2, 0) is 11.3 Å². The second-order valence-electron chi connectivity index (χ2n) is 7.84. The number of hydrogen-bond acceptors (Lipinski definition) is 4. The van der Waals surface area contributed by atoms with Crippen LogP contribution in [0.25, 0.3) is 0 Å². The lowest BCUT2D eigenvalue weighted by molar-refractivity contribution is -0.134. The Morgan fingerprint density at radius 3 is 2.55 bits per heavy atom. The highest BCUT2D eigenvalue weighted by molar-refractivity contribution is 5.79. The van der Waals surface area contributed by atoms with Crippen LogP contribution in [0.2, 0.25) is 0 Å². The van der Waals surface area contributed by atoms with Crippen molar-refractivity contribution in [1.82, 2.24) is 9.80 Å². The van der Waals surface area contributed by atoms with Crippen molar-refractivity contribution in [2.75, 3.05) is 27.3 Å². The molecule has 2 aromatic rings. The summed E-state index contributed by atoms with van der Waals surface area (Å²) in [6, 6.07) is 16.5. The van der Waals surface area contributed by atoms with Crippen molar-refractivity contribution in [1.29, 1.82) is 0 Å². The summed E-state index contributed by atoms with van der Waals surface area (Å²) < 4.78 is 10.9. The minimum atomic E-state index is 0.0501. The van der Waals surface area contributed by atoms with Gasteiger partial charge >= 0.3 is 0 Å². The molecule has 0 saturated carbocycles. The van der Waals surface area contributed by atoms with Crippen molar-refractivity contribution in [3.05, 3.63) is 59.7 Å². The van der Waals surface area contributed by atoms with Crippen LogP contribution >= 0.6 is 0 Å². The zero-order chi connectivity index (χ0) is 20.8. The van der Waals surface area contributed by atoms with Gasteiger partial charge in [-0.2, -0.15) is 0 Å². The van der Waals surface area contributed by atoms with E-state index in [1.807, 2.05) is 41.3 Å². The second kappa shape index (κ2) is 9.79. The van der Waals surface area contributed by atoms with Gasteiger partial charge in [0.2, 0.25) is 5.91 Å². The first kappa shape index (κ1) is 21.2. The molecular weight excluding hydrogens is 364 g/mol. The molecule has 5 nitrogen and oxygen atoms in total. The number of nitrogens with zero attached hydrogens (tertiary/aromatic N) is 2. The number of methoxy groups -OCH3 is 2. The minimum Gasteiger partial charge on any atom is -0.497 e. The topological polar surface area (TPSA) is 42.0 Å². The lowest BCUT2D eigenvalue weighted by Gasteiger charge is -2.31. The summed E-state index contributed by atoms with van der Waals surface area (Å²) in [5, 5.41) is 0. The molecule has 0 aromatic heterocycles.